The number of nitrogens with zero attached hydrogens (tertiary/aromatic N) is 2. The molecule has 2 rings (SSSR count). The number of ether oxygens (including phenoxy) is 1. The summed E-state index contributed by atoms with van der Waals surface area (Å²) in [7, 11) is 1.51. The minimum Gasteiger partial charge on any atom is -0.384 e. The van der Waals surface area contributed by atoms with Crippen molar-refractivity contribution >= 4 is 5.91 Å². The second-order valence-electron chi connectivity index (χ2n) is 5.51. The molecule has 23 heavy (non-hydrogen) atoms. The van der Waals surface area contributed by atoms with E-state index in [0.717, 1.165) is 0 Å². The zero-order valence-electron chi connectivity index (χ0n) is 13.1. The molecule has 0 bridgehead atoms. The van der Waals surface area contributed by atoms with Crippen LogP contribution in [0.1, 0.15) is 18.0 Å². The van der Waals surface area contributed by atoms with Crippen LogP contribution in [0, 0.1) is 0 Å². The van der Waals surface area contributed by atoms with Crippen molar-refractivity contribution in [3.63, 3.8) is 0 Å². The molecule has 0 spiro atoms. The summed E-state index contributed by atoms with van der Waals surface area (Å²) in [6.45, 7) is 1.35. The van der Waals surface area contributed by atoms with Gasteiger partial charge in [0.15, 0.2) is 0 Å². The van der Waals surface area contributed by atoms with E-state index in [1.807, 2.05) is 0 Å². The van der Waals surface area contributed by atoms with Crippen LogP contribution in [0.3, 0.4) is 0 Å². The van der Waals surface area contributed by atoms with E-state index in [2.05, 4.69) is 0 Å². The number of carbonyl (C=O) groups is 1. The Hall–Kier alpha value is -1.60. The molecule has 0 aliphatic carbocycles. The molecule has 1 aromatic rings. The average molecular weight is 330 g/mol. The first kappa shape index (κ1) is 17.7. The summed E-state index contributed by atoms with van der Waals surface area (Å²) < 4.78 is 45.3. The summed E-state index contributed by atoms with van der Waals surface area (Å²) in [6, 6.07) is 6.28. The van der Waals surface area contributed by atoms with Crippen LogP contribution in [0.25, 0.3) is 0 Å². The molecular weight excluding hydrogens is 309 g/mol. The van der Waals surface area contributed by atoms with Gasteiger partial charge in [-0.2, -0.15) is 13.2 Å². The number of hydrogen-bond acceptors (Lipinski definition) is 3. The molecule has 0 saturated carbocycles. The lowest BCUT2D eigenvalue weighted by Gasteiger charge is -2.40. The Kier molecular flexibility index (Phi) is 6.01. The molecule has 0 aromatic heterocycles. The van der Waals surface area contributed by atoms with Gasteiger partial charge in [0, 0.05) is 33.3 Å². The fourth-order valence-corrected chi connectivity index (χ4v) is 2.82. The van der Waals surface area contributed by atoms with Gasteiger partial charge < -0.3 is 9.64 Å². The molecule has 0 N–H and O–H groups in total. The summed E-state index contributed by atoms with van der Waals surface area (Å²) in [5, 5.41) is 0. The van der Waals surface area contributed by atoms with E-state index in [-0.39, 0.29) is 31.0 Å². The van der Waals surface area contributed by atoms with Gasteiger partial charge in [0.05, 0.1) is 13.0 Å². The average Bonchev–Trinajstić information content (AvgIpc) is 2.53. The van der Waals surface area contributed by atoms with Crippen LogP contribution in [-0.4, -0.2) is 61.8 Å². The number of methoxy groups -OCH3 is 1. The van der Waals surface area contributed by atoms with Crippen LogP contribution in [0.5, 0.6) is 0 Å². The number of hydrogen-bond donors (Lipinski definition) is 0. The van der Waals surface area contributed by atoms with Crippen molar-refractivity contribution in [3.8, 4) is 0 Å². The van der Waals surface area contributed by atoms with Crippen molar-refractivity contribution in [2.75, 3.05) is 39.9 Å². The molecule has 1 aliphatic heterocycles. The molecule has 1 heterocycles. The van der Waals surface area contributed by atoms with E-state index in [1.54, 1.807) is 23.1 Å². The van der Waals surface area contributed by atoms with Crippen molar-refractivity contribution in [2.24, 2.45) is 0 Å². The number of rotatable bonds is 5. The molecule has 1 atom stereocenters. The van der Waals surface area contributed by atoms with Gasteiger partial charge in [0.25, 0.3) is 0 Å². The van der Waals surface area contributed by atoms with Gasteiger partial charge in [0.1, 0.15) is 6.04 Å². The van der Waals surface area contributed by atoms with E-state index in [9.17, 15) is 18.0 Å². The van der Waals surface area contributed by atoms with E-state index in [1.165, 1.54) is 24.1 Å². The molecule has 0 radical (unpaired) electrons. The summed E-state index contributed by atoms with van der Waals surface area (Å²) in [5.41, 5.74) is 0.235. The first-order valence-corrected chi connectivity index (χ1v) is 7.56. The highest BCUT2D eigenvalue weighted by Crippen LogP contribution is 2.38. The minimum atomic E-state index is -4.34. The Morgan fingerprint density at radius 1 is 1.17 bits per heavy atom. The number of halogens is 3. The molecule has 1 amide bonds. The molecule has 128 valence electrons. The normalized spacial score (nSPS) is 18.0. The maximum absolute atomic E-state index is 13.5. The van der Waals surface area contributed by atoms with E-state index < -0.39 is 12.2 Å². The molecule has 1 unspecified atom stereocenters. The monoisotopic (exact) mass is 330 g/mol. The van der Waals surface area contributed by atoms with Crippen LogP contribution in [0.4, 0.5) is 13.2 Å². The van der Waals surface area contributed by atoms with E-state index >= 15 is 0 Å². The first-order chi connectivity index (χ1) is 10.9. The highest BCUT2D eigenvalue weighted by atomic mass is 19.4. The quantitative estimate of drug-likeness (QED) is 0.831. The first-order valence-electron chi connectivity index (χ1n) is 7.56. The fraction of sp³-hybridized carbons (Fsp3) is 0.562. The second kappa shape index (κ2) is 7.79. The highest BCUT2D eigenvalue weighted by Gasteiger charge is 2.45. The Bertz CT molecular complexity index is 500. The summed E-state index contributed by atoms with van der Waals surface area (Å²) in [5.74, 6) is -0.0743. The third-order valence-electron chi connectivity index (χ3n) is 3.98. The number of benzene rings is 1. The molecule has 1 aromatic carbocycles. The topological polar surface area (TPSA) is 32.8 Å². The van der Waals surface area contributed by atoms with Crippen molar-refractivity contribution in [1.82, 2.24) is 9.80 Å². The molecule has 4 nitrogen and oxygen atoms in total. The smallest absolute Gasteiger partial charge is 0.384 e. The van der Waals surface area contributed by atoms with Crippen molar-refractivity contribution in [1.29, 1.82) is 0 Å². The van der Waals surface area contributed by atoms with Gasteiger partial charge >= 0.3 is 6.18 Å². The SMILES string of the molecule is COCCC(=O)N1CCN(C(c2ccccc2)C(F)(F)F)CC1. The lowest BCUT2D eigenvalue weighted by atomic mass is 10.0. The van der Waals surface area contributed by atoms with E-state index in [4.69, 9.17) is 4.74 Å². The predicted octanol–water partition coefficient (Wildman–Crippen LogP) is 2.47. The molecular formula is C16H21F3N2O2. The molecule has 7 heteroatoms. The fourth-order valence-electron chi connectivity index (χ4n) is 2.82. The third kappa shape index (κ3) is 4.68. The van der Waals surface area contributed by atoms with Gasteiger partial charge in [-0.3, -0.25) is 9.69 Å². The van der Waals surface area contributed by atoms with Gasteiger partial charge in [-0.05, 0) is 5.56 Å². The predicted molar refractivity (Wildman–Crippen MR) is 79.9 cm³/mol. The summed E-state index contributed by atoms with van der Waals surface area (Å²) >= 11 is 0. The highest BCUT2D eigenvalue weighted by molar-refractivity contribution is 5.76. The third-order valence-corrected chi connectivity index (χ3v) is 3.98. The molecule has 1 fully saturated rings. The largest absolute Gasteiger partial charge is 0.408 e. The van der Waals surface area contributed by atoms with Gasteiger partial charge in [0.2, 0.25) is 5.91 Å². The zero-order chi connectivity index (χ0) is 16.9. The lowest BCUT2D eigenvalue weighted by Crippen LogP contribution is -2.52. The van der Waals surface area contributed by atoms with E-state index in [0.29, 0.717) is 19.7 Å². The van der Waals surface area contributed by atoms with Crippen LogP contribution in [0.15, 0.2) is 30.3 Å². The minimum absolute atomic E-state index is 0.0743. The Morgan fingerprint density at radius 3 is 2.30 bits per heavy atom. The number of amides is 1. The Morgan fingerprint density at radius 2 is 1.78 bits per heavy atom. The number of piperazine rings is 1. The molecule has 1 saturated heterocycles. The second-order valence-corrected chi connectivity index (χ2v) is 5.51. The summed E-state index contributed by atoms with van der Waals surface area (Å²) in [4.78, 5) is 14.9. The summed E-state index contributed by atoms with van der Waals surface area (Å²) in [6.07, 6.45) is -4.08. The Labute approximate surface area is 133 Å². The maximum Gasteiger partial charge on any atom is 0.408 e. The van der Waals surface area contributed by atoms with Crippen molar-refractivity contribution < 1.29 is 22.7 Å². The standard InChI is InChI=1S/C16H21F3N2O2/c1-23-12-7-14(22)20-8-10-21(11-9-20)15(16(17,18)19)13-5-3-2-4-6-13/h2-6,15H,7-12H2,1H3. The number of alkyl halides is 3. The van der Waals surface area contributed by atoms with Gasteiger partial charge in [-0.15, -0.1) is 0 Å². The van der Waals surface area contributed by atoms with Gasteiger partial charge in [-0.1, -0.05) is 30.3 Å². The van der Waals surface area contributed by atoms with Crippen LogP contribution >= 0.6 is 0 Å². The Balaban J connectivity index is 2.02. The zero-order valence-corrected chi connectivity index (χ0v) is 13.1. The van der Waals surface area contributed by atoms with Crippen LogP contribution in [0.2, 0.25) is 0 Å². The lowest BCUT2D eigenvalue weighted by molar-refractivity contribution is -0.190. The number of carbonyl (C=O) groups excluding carboxylic acids is 1. The van der Waals surface area contributed by atoms with Crippen LogP contribution in [-0.2, 0) is 9.53 Å². The van der Waals surface area contributed by atoms with Gasteiger partial charge in [-0.25, -0.2) is 0 Å². The molecule has 1 aliphatic rings. The van der Waals surface area contributed by atoms with Crippen molar-refractivity contribution in [2.45, 2.75) is 18.6 Å². The van der Waals surface area contributed by atoms with Crippen molar-refractivity contribution in [3.05, 3.63) is 35.9 Å². The maximum atomic E-state index is 13.5. The van der Waals surface area contributed by atoms with Crippen LogP contribution < -0.4 is 0 Å².